The van der Waals surface area contributed by atoms with Gasteiger partial charge >= 0.3 is 7.12 Å². The molecule has 0 amide bonds. The van der Waals surface area contributed by atoms with Crippen LogP contribution in [0.1, 0.15) is 11.1 Å². The van der Waals surface area contributed by atoms with E-state index in [1.807, 2.05) is 31.2 Å². The van der Waals surface area contributed by atoms with Crippen molar-refractivity contribution in [1.82, 2.24) is 0 Å². The van der Waals surface area contributed by atoms with E-state index in [9.17, 15) is 0 Å². The molecule has 2 N–H and O–H groups in total. The van der Waals surface area contributed by atoms with E-state index in [4.69, 9.17) is 14.8 Å². The van der Waals surface area contributed by atoms with Crippen molar-refractivity contribution in [2.24, 2.45) is 0 Å². The van der Waals surface area contributed by atoms with E-state index in [0.29, 0.717) is 17.8 Å². The Morgan fingerprint density at radius 3 is 2.11 bits per heavy atom. The van der Waals surface area contributed by atoms with Crippen molar-refractivity contribution in [3.8, 4) is 5.75 Å². The van der Waals surface area contributed by atoms with Crippen molar-refractivity contribution in [2.45, 2.75) is 13.5 Å². The average Bonchev–Trinajstić information content (AvgIpc) is 2.38. The topological polar surface area (TPSA) is 49.7 Å². The highest BCUT2D eigenvalue weighted by atomic mass is 16.5. The highest BCUT2D eigenvalue weighted by molar-refractivity contribution is 6.58. The third-order valence-electron chi connectivity index (χ3n) is 2.70. The second kappa shape index (κ2) is 5.71. The van der Waals surface area contributed by atoms with E-state index in [0.717, 1.165) is 5.56 Å². The van der Waals surface area contributed by atoms with Crippen LogP contribution in [0.15, 0.2) is 48.5 Å². The fourth-order valence-electron chi connectivity index (χ4n) is 1.59. The lowest BCUT2D eigenvalue weighted by molar-refractivity contribution is 0.306. The Morgan fingerprint density at radius 1 is 0.944 bits per heavy atom. The van der Waals surface area contributed by atoms with Crippen LogP contribution < -0.4 is 10.2 Å². The van der Waals surface area contributed by atoms with Gasteiger partial charge in [0.25, 0.3) is 0 Å². The van der Waals surface area contributed by atoms with Crippen molar-refractivity contribution < 1.29 is 14.8 Å². The number of aryl methyl sites for hydroxylation is 1. The van der Waals surface area contributed by atoms with Crippen molar-refractivity contribution >= 4 is 12.6 Å². The normalized spacial score (nSPS) is 10.2. The smallest absolute Gasteiger partial charge is 0.488 e. The predicted molar refractivity (Wildman–Crippen MR) is 71.8 cm³/mol. The van der Waals surface area contributed by atoms with Crippen molar-refractivity contribution in [2.75, 3.05) is 0 Å². The van der Waals surface area contributed by atoms with E-state index >= 15 is 0 Å². The van der Waals surface area contributed by atoms with Crippen LogP contribution in [0, 0.1) is 6.92 Å². The van der Waals surface area contributed by atoms with Gasteiger partial charge in [-0.25, -0.2) is 0 Å². The number of rotatable bonds is 4. The monoisotopic (exact) mass is 242 g/mol. The lowest BCUT2D eigenvalue weighted by atomic mass is 9.80. The Morgan fingerprint density at radius 2 is 1.56 bits per heavy atom. The maximum absolute atomic E-state index is 8.96. The average molecular weight is 242 g/mol. The number of hydrogen-bond donors (Lipinski definition) is 2. The summed E-state index contributed by atoms with van der Waals surface area (Å²) in [6, 6.07) is 14.9. The summed E-state index contributed by atoms with van der Waals surface area (Å²) in [6.45, 7) is 2.55. The first kappa shape index (κ1) is 12.7. The molecular weight excluding hydrogens is 227 g/mol. The van der Waals surface area contributed by atoms with Gasteiger partial charge in [0.15, 0.2) is 0 Å². The Kier molecular flexibility index (Phi) is 4.02. The van der Waals surface area contributed by atoms with E-state index in [2.05, 4.69) is 0 Å². The van der Waals surface area contributed by atoms with Crippen LogP contribution in [0.5, 0.6) is 5.75 Å². The van der Waals surface area contributed by atoms with Crippen molar-refractivity contribution in [3.63, 3.8) is 0 Å². The quantitative estimate of drug-likeness (QED) is 0.793. The minimum absolute atomic E-state index is 0.456. The molecule has 0 spiro atoms. The summed E-state index contributed by atoms with van der Waals surface area (Å²) in [5.41, 5.74) is 2.78. The Hall–Kier alpha value is -1.78. The molecule has 0 radical (unpaired) electrons. The molecule has 92 valence electrons. The zero-order valence-electron chi connectivity index (χ0n) is 10.2. The van der Waals surface area contributed by atoms with Crippen LogP contribution in [0.3, 0.4) is 0 Å². The molecule has 0 aliphatic rings. The minimum atomic E-state index is -1.43. The van der Waals surface area contributed by atoms with E-state index in [1.54, 1.807) is 24.3 Å². The molecule has 2 aromatic rings. The van der Waals surface area contributed by atoms with Gasteiger partial charge in [-0.1, -0.05) is 42.0 Å². The Labute approximate surface area is 107 Å². The van der Waals surface area contributed by atoms with E-state index < -0.39 is 7.12 Å². The molecule has 0 aromatic heterocycles. The van der Waals surface area contributed by atoms with Crippen LogP contribution in [-0.4, -0.2) is 17.2 Å². The van der Waals surface area contributed by atoms with Gasteiger partial charge in [0.2, 0.25) is 0 Å². The Balaban J connectivity index is 1.95. The largest absolute Gasteiger partial charge is 0.489 e. The zero-order chi connectivity index (χ0) is 13.0. The third-order valence-corrected chi connectivity index (χ3v) is 2.70. The molecule has 0 saturated carbocycles. The van der Waals surface area contributed by atoms with Crippen LogP contribution in [0.4, 0.5) is 0 Å². The van der Waals surface area contributed by atoms with Gasteiger partial charge in [0.05, 0.1) is 0 Å². The molecule has 3 nitrogen and oxygen atoms in total. The molecule has 0 saturated heterocycles. The standard InChI is InChI=1S/C14H15BO3/c1-11-2-4-12(5-3-11)10-18-14-8-6-13(7-9-14)15(16)17/h2-9,16-17H,10H2,1H3. The SMILES string of the molecule is Cc1ccc(COc2ccc(B(O)O)cc2)cc1. The van der Waals surface area contributed by atoms with Gasteiger partial charge in [-0.3, -0.25) is 0 Å². The summed E-state index contributed by atoms with van der Waals surface area (Å²) < 4.78 is 5.60. The van der Waals surface area contributed by atoms with Gasteiger partial charge in [0, 0.05) is 0 Å². The number of benzene rings is 2. The molecule has 4 heteroatoms. The van der Waals surface area contributed by atoms with Gasteiger partial charge in [0.1, 0.15) is 12.4 Å². The van der Waals surface area contributed by atoms with Gasteiger partial charge in [-0.05, 0) is 30.1 Å². The fourth-order valence-corrected chi connectivity index (χ4v) is 1.59. The maximum atomic E-state index is 8.96. The second-order valence-corrected chi connectivity index (χ2v) is 4.22. The first-order valence-electron chi connectivity index (χ1n) is 5.79. The fraction of sp³-hybridized carbons (Fsp3) is 0.143. The minimum Gasteiger partial charge on any atom is -0.489 e. The third kappa shape index (κ3) is 3.36. The van der Waals surface area contributed by atoms with E-state index in [-0.39, 0.29) is 0 Å². The summed E-state index contributed by atoms with van der Waals surface area (Å²) in [5.74, 6) is 0.708. The van der Waals surface area contributed by atoms with Crippen molar-refractivity contribution in [1.29, 1.82) is 0 Å². The molecule has 0 aliphatic heterocycles. The van der Waals surface area contributed by atoms with Gasteiger partial charge in [-0.15, -0.1) is 0 Å². The van der Waals surface area contributed by atoms with Crippen LogP contribution in [-0.2, 0) is 6.61 Å². The Bertz CT molecular complexity index is 491. The first-order valence-corrected chi connectivity index (χ1v) is 5.79. The highest BCUT2D eigenvalue weighted by Crippen LogP contribution is 2.11. The molecule has 0 unspecified atom stereocenters. The van der Waals surface area contributed by atoms with Gasteiger partial charge in [-0.2, -0.15) is 0 Å². The van der Waals surface area contributed by atoms with Crippen LogP contribution in [0.25, 0.3) is 0 Å². The molecule has 0 aliphatic carbocycles. The summed E-state index contributed by atoms with van der Waals surface area (Å²) in [5, 5.41) is 17.9. The van der Waals surface area contributed by atoms with Crippen molar-refractivity contribution in [3.05, 3.63) is 59.7 Å². The van der Waals surface area contributed by atoms with Crippen LogP contribution >= 0.6 is 0 Å². The molecular formula is C14H15BO3. The summed E-state index contributed by atoms with van der Waals surface area (Å²) in [4.78, 5) is 0. The summed E-state index contributed by atoms with van der Waals surface area (Å²) in [6.07, 6.45) is 0. The molecule has 0 bridgehead atoms. The molecule has 2 aromatic carbocycles. The van der Waals surface area contributed by atoms with Crippen LogP contribution in [0.2, 0.25) is 0 Å². The molecule has 2 rings (SSSR count). The molecule has 0 heterocycles. The number of ether oxygens (including phenoxy) is 1. The molecule has 0 atom stereocenters. The maximum Gasteiger partial charge on any atom is 0.488 e. The molecule has 18 heavy (non-hydrogen) atoms. The lowest BCUT2D eigenvalue weighted by Gasteiger charge is -2.07. The summed E-state index contributed by atoms with van der Waals surface area (Å²) >= 11 is 0. The first-order chi connectivity index (χ1) is 8.65. The van der Waals surface area contributed by atoms with E-state index in [1.165, 1.54) is 5.56 Å². The number of hydrogen-bond acceptors (Lipinski definition) is 3. The predicted octanol–water partition coefficient (Wildman–Crippen LogP) is 1.25. The highest BCUT2D eigenvalue weighted by Gasteiger charge is 2.09. The summed E-state index contributed by atoms with van der Waals surface area (Å²) in [7, 11) is -1.43. The second-order valence-electron chi connectivity index (χ2n) is 4.22. The lowest BCUT2D eigenvalue weighted by Crippen LogP contribution is -2.29. The molecule has 0 fully saturated rings. The zero-order valence-corrected chi connectivity index (χ0v) is 10.2. The van der Waals surface area contributed by atoms with Gasteiger partial charge < -0.3 is 14.8 Å².